The van der Waals surface area contributed by atoms with Crippen LogP contribution in [-0.2, 0) is 11.3 Å². The lowest BCUT2D eigenvalue weighted by Gasteiger charge is -2.03. The molecule has 1 heterocycles. The first kappa shape index (κ1) is 10.8. The molecule has 0 bridgehead atoms. The van der Waals surface area contributed by atoms with Crippen LogP contribution in [0.2, 0.25) is 0 Å². The number of carbonyl (C=O) groups excluding carboxylic acids is 1. The monoisotopic (exact) mass is 215 g/mol. The summed E-state index contributed by atoms with van der Waals surface area (Å²) in [5.74, 6) is 0. The van der Waals surface area contributed by atoms with Crippen LogP contribution >= 0.6 is 11.3 Å². The topological polar surface area (TPSA) is 90.4 Å². The zero-order valence-electron chi connectivity index (χ0n) is 7.66. The Bertz CT molecular complexity index is 301. The number of nitrogen functional groups attached to an aromatic ring is 1. The van der Waals surface area contributed by atoms with Crippen molar-refractivity contribution in [1.29, 1.82) is 0 Å². The van der Waals surface area contributed by atoms with Crippen LogP contribution in [0.15, 0.2) is 11.4 Å². The molecule has 1 aromatic heterocycles. The number of hydrogen-bond donors (Lipinski definition) is 3. The van der Waals surface area contributed by atoms with E-state index in [2.05, 4.69) is 10.1 Å². The molecule has 0 unspecified atom stereocenters. The molecule has 0 saturated carbocycles. The summed E-state index contributed by atoms with van der Waals surface area (Å²) in [6.07, 6.45) is -0.748. The Morgan fingerprint density at radius 2 is 2.43 bits per heavy atom. The maximum Gasteiger partial charge on any atom is 0.404 e. The van der Waals surface area contributed by atoms with Gasteiger partial charge in [-0.1, -0.05) is 0 Å². The number of anilines is 1. The number of nitrogens with one attached hydrogen (secondary N) is 1. The van der Waals surface area contributed by atoms with Gasteiger partial charge in [0.2, 0.25) is 0 Å². The highest BCUT2D eigenvalue weighted by molar-refractivity contribution is 7.10. The van der Waals surface area contributed by atoms with Crippen molar-refractivity contribution in [1.82, 2.24) is 5.32 Å². The smallest absolute Gasteiger partial charge is 0.404 e. The number of amides is 1. The summed E-state index contributed by atoms with van der Waals surface area (Å²) in [5.41, 5.74) is 11.2. The fourth-order valence-corrected chi connectivity index (χ4v) is 1.69. The van der Waals surface area contributed by atoms with E-state index in [0.717, 1.165) is 10.6 Å². The Hall–Kier alpha value is -1.27. The van der Waals surface area contributed by atoms with Gasteiger partial charge in [0, 0.05) is 23.7 Å². The molecule has 0 aliphatic heterocycles. The fourth-order valence-electron chi connectivity index (χ4n) is 0.920. The van der Waals surface area contributed by atoms with E-state index < -0.39 is 6.09 Å². The van der Waals surface area contributed by atoms with E-state index in [0.29, 0.717) is 13.1 Å². The molecule has 0 aromatic carbocycles. The van der Waals surface area contributed by atoms with Gasteiger partial charge in [-0.2, -0.15) is 0 Å². The number of thiophene rings is 1. The maximum absolute atomic E-state index is 10.2. The van der Waals surface area contributed by atoms with E-state index in [1.165, 1.54) is 0 Å². The normalized spacial score (nSPS) is 10.0. The molecule has 0 saturated heterocycles. The molecule has 1 rings (SSSR count). The van der Waals surface area contributed by atoms with Crippen LogP contribution in [0.3, 0.4) is 0 Å². The minimum atomic E-state index is -0.748. The summed E-state index contributed by atoms with van der Waals surface area (Å²) in [5, 5.41) is 5.02. The van der Waals surface area contributed by atoms with Crippen molar-refractivity contribution >= 4 is 23.1 Å². The molecule has 0 aliphatic carbocycles. The summed E-state index contributed by atoms with van der Waals surface area (Å²) in [6.45, 7) is 1.53. The second-order valence-electron chi connectivity index (χ2n) is 2.64. The van der Waals surface area contributed by atoms with Gasteiger partial charge in [-0.05, 0) is 11.4 Å². The van der Waals surface area contributed by atoms with Crippen molar-refractivity contribution in [3.63, 3.8) is 0 Å². The van der Waals surface area contributed by atoms with Crippen molar-refractivity contribution in [2.75, 3.05) is 18.9 Å². The molecule has 0 radical (unpaired) electrons. The van der Waals surface area contributed by atoms with Gasteiger partial charge in [-0.25, -0.2) is 4.79 Å². The number of primary amides is 1. The van der Waals surface area contributed by atoms with Crippen molar-refractivity contribution in [3.05, 3.63) is 16.3 Å². The summed E-state index contributed by atoms with van der Waals surface area (Å²) in [6, 6.07) is 1.86. The highest BCUT2D eigenvalue weighted by Crippen LogP contribution is 2.17. The van der Waals surface area contributed by atoms with Crippen LogP contribution in [-0.4, -0.2) is 19.2 Å². The minimum Gasteiger partial charge on any atom is -0.448 e. The lowest BCUT2D eigenvalue weighted by Crippen LogP contribution is -2.23. The van der Waals surface area contributed by atoms with Gasteiger partial charge < -0.3 is 21.5 Å². The van der Waals surface area contributed by atoms with Crippen LogP contribution in [0, 0.1) is 0 Å². The summed E-state index contributed by atoms with van der Waals surface area (Å²) in [7, 11) is 0. The maximum atomic E-state index is 10.2. The fraction of sp³-hybridized carbons (Fsp3) is 0.375. The molecular formula is C8H13N3O2S. The SMILES string of the molecule is NC(=O)OCCNCc1sccc1N. The second kappa shape index (κ2) is 5.46. The van der Waals surface area contributed by atoms with Crippen LogP contribution in [0.25, 0.3) is 0 Å². The lowest BCUT2D eigenvalue weighted by molar-refractivity contribution is 0.157. The first-order chi connectivity index (χ1) is 6.70. The van der Waals surface area contributed by atoms with Gasteiger partial charge in [-0.15, -0.1) is 11.3 Å². The zero-order chi connectivity index (χ0) is 10.4. The predicted octanol–water partition coefficient (Wildman–Crippen LogP) is 0.515. The molecule has 0 fully saturated rings. The van der Waals surface area contributed by atoms with Gasteiger partial charge in [0.15, 0.2) is 0 Å². The Morgan fingerprint density at radius 3 is 3.00 bits per heavy atom. The average Bonchev–Trinajstić information content (AvgIpc) is 2.51. The largest absolute Gasteiger partial charge is 0.448 e. The standard InChI is InChI=1S/C8H13N3O2S/c9-6-1-4-14-7(6)5-11-2-3-13-8(10)12/h1,4,11H,2-3,5,9H2,(H2,10,12). The molecule has 0 atom stereocenters. The Kier molecular flexibility index (Phi) is 4.21. The number of rotatable bonds is 5. The third-order valence-corrected chi connectivity index (χ3v) is 2.53. The molecular weight excluding hydrogens is 202 g/mol. The minimum absolute atomic E-state index is 0.278. The van der Waals surface area contributed by atoms with E-state index in [9.17, 15) is 4.79 Å². The number of carbonyl (C=O) groups is 1. The zero-order valence-corrected chi connectivity index (χ0v) is 8.47. The van der Waals surface area contributed by atoms with Gasteiger partial charge in [0.25, 0.3) is 0 Å². The van der Waals surface area contributed by atoms with E-state index >= 15 is 0 Å². The molecule has 5 nitrogen and oxygen atoms in total. The lowest BCUT2D eigenvalue weighted by atomic mass is 10.4. The van der Waals surface area contributed by atoms with Gasteiger partial charge in [-0.3, -0.25) is 0 Å². The molecule has 78 valence electrons. The Balaban J connectivity index is 2.10. The first-order valence-electron chi connectivity index (χ1n) is 4.15. The van der Waals surface area contributed by atoms with Crippen LogP contribution < -0.4 is 16.8 Å². The molecule has 1 amide bonds. The third-order valence-electron chi connectivity index (χ3n) is 1.59. The summed E-state index contributed by atoms with van der Waals surface area (Å²) >= 11 is 1.59. The van der Waals surface area contributed by atoms with Crippen LogP contribution in [0.1, 0.15) is 4.88 Å². The van der Waals surface area contributed by atoms with Crippen molar-refractivity contribution in [2.45, 2.75) is 6.54 Å². The number of nitrogens with two attached hydrogens (primary N) is 2. The van der Waals surface area contributed by atoms with Gasteiger partial charge in [0.1, 0.15) is 6.61 Å². The molecule has 0 spiro atoms. The van der Waals surface area contributed by atoms with E-state index in [4.69, 9.17) is 11.5 Å². The molecule has 6 heteroatoms. The van der Waals surface area contributed by atoms with Crippen molar-refractivity contribution in [3.8, 4) is 0 Å². The van der Waals surface area contributed by atoms with Gasteiger partial charge >= 0.3 is 6.09 Å². The Labute approximate surface area is 86.0 Å². The first-order valence-corrected chi connectivity index (χ1v) is 5.03. The van der Waals surface area contributed by atoms with Crippen molar-refractivity contribution in [2.24, 2.45) is 5.73 Å². The predicted molar refractivity (Wildman–Crippen MR) is 56.0 cm³/mol. The van der Waals surface area contributed by atoms with Crippen molar-refractivity contribution < 1.29 is 9.53 Å². The van der Waals surface area contributed by atoms with Gasteiger partial charge in [0.05, 0.1) is 0 Å². The third kappa shape index (κ3) is 3.63. The molecule has 1 aromatic rings. The Morgan fingerprint density at radius 1 is 1.64 bits per heavy atom. The molecule has 5 N–H and O–H groups in total. The molecule has 0 aliphatic rings. The molecule has 14 heavy (non-hydrogen) atoms. The highest BCUT2D eigenvalue weighted by atomic mass is 32.1. The quantitative estimate of drug-likeness (QED) is 0.624. The highest BCUT2D eigenvalue weighted by Gasteiger charge is 1.99. The second-order valence-corrected chi connectivity index (χ2v) is 3.64. The summed E-state index contributed by atoms with van der Waals surface area (Å²) in [4.78, 5) is 11.3. The average molecular weight is 215 g/mol. The number of hydrogen-bond acceptors (Lipinski definition) is 5. The van der Waals surface area contributed by atoms with E-state index in [1.54, 1.807) is 11.3 Å². The van der Waals surface area contributed by atoms with Crippen LogP contribution in [0.4, 0.5) is 10.5 Å². The number of ether oxygens (including phenoxy) is 1. The van der Waals surface area contributed by atoms with E-state index in [1.807, 2.05) is 11.4 Å². The van der Waals surface area contributed by atoms with Crippen LogP contribution in [0.5, 0.6) is 0 Å². The summed E-state index contributed by atoms with van der Waals surface area (Å²) < 4.78 is 4.54. The van der Waals surface area contributed by atoms with E-state index in [-0.39, 0.29) is 6.61 Å².